The molecule has 0 heterocycles. The van der Waals surface area contributed by atoms with Gasteiger partial charge in [-0.25, -0.2) is 4.79 Å². The van der Waals surface area contributed by atoms with E-state index < -0.39 is 174 Å². The van der Waals surface area contributed by atoms with Crippen molar-refractivity contribution in [1.82, 2.24) is 63.8 Å². The molecule has 126 heavy (non-hydrogen) atoms. The Morgan fingerprint density at radius 2 is 0.825 bits per heavy atom. The quantitative estimate of drug-likeness (QED) is 0.00968. The van der Waals surface area contributed by atoms with E-state index in [0.717, 1.165) is 11.3 Å². The molecule has 9 atom stereocenters. The molecule has 0 aromatic heterocycles. The van der Waals surface area contributed by atoms with Crippen molar-refractivity contribution in [3.63, 3.8) is 0 Å². The maximum Gasteiger partial charge on any atom is 0.408 e. The lowest BCUT2D eigenvalue weighted by molar-refractivity contribution is -0.137. The van der Waals surface area contributed by atoms with Crippen molar-refractivity contribution in [3.05, 3.63) is 251 Å². The molecule has 0 fully saturated rings. The Morgan fingerprint density at radius 1 is 0.397 bits per heavy atom. The first-order chi connectivity index (χ1) is 60.3. The molecule has 0 bridgehead atoms. The van der Waals surface area contributed by atoms with Crippen LogP contribution in [0, 0.1) is 11.8 Å². The average molecular weight is 1770 g/mol. The van der Waals surface area contributed by atoms with Gasteiger partial charge in [-0.1, -0.05) is 282 Å². The fraction of sp³-hybridized carbons (Fsp3) is 0.421. The highest BCUT2D eigenvalue weighted by Gasteiger charge is 2.43. The van der Waals surface area contributed by atoms with Crippen molar-refractivity contribution in [2.45, 2.75) is 186 Å². The van der Waals surface area contributed by atoms with Crippen LogP contribution in [0.1, 0.15) is 148 Å². The van der Waals surface area contributed by atoms with Gasteiger partial charge in [0, 0.05) is 18.1 Å². The molecule has 7 aromatic carbocycles. The molecule has 676 valence electrons. The number of ketones is 1. The van der Waals surface area contributed by atoms with Gasteiger partial charge in [-0.2, -0.15) is 0 Å². The molecule has 7 rings (SSSR count). The largest absolute Gasteiger partial charge is 0.444 e. The number of Topliss-reactive ketones (excluding diaryl/α,β-unsaturated/α-hetero) is 1. The van der Waals surface area contributed by atoms with Gasteiger partial charge < -0.3 is 82.7 Å². The van der Waals surface area contributed by atoms with Crippen molar-refractivity contribution in [2.24, 2.45) is 11.8 Å². The number of hydrogen-bond acceptors (Lipinski definition) is 19. The third-order valence-electron chi connectivity index (χ3n) is 20.2. The molecule has 29 nitrogen and oxygen atoms in total. The van der Waals surface area contributed by atoms with Crippen LogP contribution in [-0.2, 0) is 94.0 Å². The van der Waals surface area contributed by atoms with Gasteiger partial charge in [-0.05, 0) is 111 Å². The Balaban J connectivity index is 1.12. The maximum atomic E-state index is 15.4. The van der Waals surface area contributed by atoms with Gasteiger partial charge in [0.25, 0.3) is 0 Å². The zero-order valence-electron chi connectivity index (χ0n) is 73.7. The number of rotatable bonds is 51. The van der Waals surface area contributed by atoms with E-state index >= 15 is 19.2 Å². The molecule has 0 aliphatic heterocycles. The van der Waals surface area contributed by atoms with Crippen molar-refractivity contribution in [2.75, 3.05) is 57.6 Å². The highest BCUT2D eigenvalue weighted by Crippen LogP contribution is 2.41. The lowest BCUT2D eigenvalue weighted by atomic mass is 9.77. The zero-order chi connectivity index (χ0) is 91.8. The van der Waals surface area contributed by atoms with E-state index in [2.05, 4.69) is 63.8 Å². The summed E-state index contributed by atoms with van der Waals surface area (Å²) in [6, 6.07) is 52.0. The molecule has 0 aliphatic rings. The van der Waals surface area contributed by atoms with Crippen LogP contribution in [0.15, 0.2) is 212 Å². The number of benzene rings is 7. The number of carbonyl (C=O) groups excluding carboxylic acids is 13. The highest BCUT2D eigenvalue weighted by molar-refractivity contribution is 8.76. The van der Waals surface area contributed by atoms with Crippen LogP contribution in [0.2, 0.25) is 0 Å². The summed E-state index contributed by atoms with van der Waals surface area (Å²) < 4.78 is 23.6. The molecule has 0 radical (unpaired) electrons. The van der Waals surface area contributed by atoms with Gasteiger partial charge in [0.15, 0.2) is 5.78 Å². The number of hydrogen-bond donors (Lipinski definition) is 12. The Bertz CT molecular complexity index is 4470. The van der Waals surface area contributed by atoms with Crippen molar-refractivity contribution < 1.29 is 81.3 Å². The van der Waals surface area contributed by atoms with Gasteiger partial charge in [-0.3, -0.25) is 57.5 Å². The Morgan fingerprint density at radius 3 is 1.29 bits per heavy atom. The maximum absolute atomic E-state index is 15.4. The third-order valence-corrected chi connectivity index (χ3v) is 22.7. The summed E-state index contributed by atoms with van der Waals surface area (Å²) in [5.41, 5.74) is 0.861. The molecule has 0 unspecified atom stereocenters. The normalized spacial score (nSPS) is 13.6. The molecule has 0 spiro atoms. The highest BCUT2D eigenvalue weighted by atomic mass is 33.1. The molecule has 0 saturated carbocycles. The van der Waals surface area contributed by atoms with Crippen molar-refractivity contribution >= 4 is 98.4 Å². The van der Waals surface area contributed by atoms with Crippen LogP contribution >= 0.6 is 21.6 Å². The minimum atomic E-state index is -1.82. The lowest BCUT2D eigenvalue weighted by Crippen LogP contribution is -2.61. The standard InChI is InChI=1S/C95H122N12O17S2/c1-13-73(86(114)99-74(14-2)87(115)102-76(55-62(4)5)89(117)101-75(65(9)108)56-66-37-23-16-24-38-66)100-90(118)78(59-123-95(70-45-31-20-32-46-70,71-47-33-21-34-48-71)72-49-35-22-36-50-72)104-84(112)64(8)98-88(116)77(57-80(109)107-94(67-39-25-17-26-40-67,68-41-27-18-28-42-68)69-43-29-19-30-44-69)103-91(119)83(63(6)7)106-81(110)58-97-82(111)60-122-54-53-121-52-51-96-85(113)79(61-126-125-15-3)105-92(120)124-93(10,11)12/h16-50,62-64,73-79,83H,13-15,51-61H2,1-12H3,(H,96,113)(H,97,111)(H,98,116)(H,99,114)(H,100,118)(H,101,117)(H,102,115)(H,103,119)(H,104,112)(H,105,120)(H,106,110)(H,107,109)/t64-,73-,74-,75-,76-,77-,78-,79-,83-/m0/s1. The molecule has 0 aliphatic carbocycles. The number of carbonyl (C=O) groups is 13. The summed E-state index contributed by atoms with van der Waals surface area (Å²) in [6.45, 7) is 18.5. The Hall–Kier alpha value is -11.8. The zero-order valence-corrected chi connectivity index (χ0v) is 75.3. The van der Waals surface area contributed by atoms with E-state index in [0.29, 0.717) is 39.1 Å². The summed E-state index contributed by atoms with van der Waals surface area (Å²) in [5, 5.41) is 32.9. The van der Waals surface area contributed by atoms with Gasteiger partial charge >= 0.3 is 6.09 Å². The van der Waals surface area contributed by atoms with Crippen LogP contribution in [0.25, 0.3) is 0 Å². The van der Waals surface area contributed by atoms with Crippen LogP contribution in [0.5, 0.6) is 0 Å². The number of alkyl carbamates (subject to hydrolysis) is 1. The Labute approximate surface area is 746 Å². The fourth-order valence-corrected chi connectivity index (χ4v) is 15.6. The van der Waals surface area contributed by atoms with Gasteiger partial charge in [-0.15, -0.1) is 0 Å². The van der Waals surface area contributed by atoms with Crippen molar-refractivity contribution in [1.29, 1.82) is 0 Å². The first kappa shape index (κ1) is 101. The minimum Gasteiger partial charge on any atom is -0.444 e. The predicted octanol–water partition coefficient (Wildman–Crippen LogP) is 8.31. The molecular weight excluding hydrogens is 1650 g/mol. The molecule has 7 aromatic rings. The lowest BCUT2D eigenvalue weighted by Gasteiger charge is -2.37. The molecular formula is C95H122N12O17S2. The summed E-state index contributed by atoms with van der Waals surface area (Å²) in [7, 11) is 2.97. The van der Waals surface area contributed by atoms with E-state index in [1.807, 2.05) is 233 Å². The van der Waals surface area contributed by atoms with Crippen LogP contribution in [0.4, 0.5) is 4.79 Å². The van der Waals surface area contributed by atoms with E-state index in [-0.39, 0.29) is 63.7 Å². The first-order valence-electron chi connectivity index (χ1n) is 42.5. The van der Waals surface area contributed by atoms with E-state index in [9.17, 15) is 43.2 Å². The number of amides is 12. The average Bonchev–Trinajstić information content (AvgIpc) is 0.757. The van der Waals surface area contributed by atoms with Crippen molar-refractivity contribution in [3.8, 4) is 0 Å². The van der Waals surface area contributed by atoms with Gasteiger partial charge in [0.1, 0.15) is 71.7 Å². The van der Waals surface area contributed by atoms with E-state index in [1.54, 1.807) is 59.3 Å². The molecule has 12 amide bonds. The van der Waals surface area contributed by atoms with E-state index in [1.165, 1.54) is 24.6 Å². The monoisotopic (exact) mass is 1770 g/mol. The smallest absolute Gasteiger partial charge is 0.408 e. The predicted molar refractivity (Wildman–Crippen MR) is 485 cm³/mol. The second kappa shape index (κ2) is 51.6. The molecule has 12 N–H and O–H groups in total. The van der Waals surface area contributed by atoms with Crippen LogP contribution in [-0.4, -0.2) is 194 Å². The number of nitrogens with one attached hydrogen (secondary N) is 12. The SMILES string of the molecule is CCSSC[C@H](NC(=O)OC(C)(C)C)C(=O)NCCOCCOCC(=O)NCC(=O)N[C@H](C(=O)N[C@@H](CC(=O)NC(c1ccccc1)(c1ccccc1)c1ccccc1)C(=O)N[C@@H](C)C(=O)N[C@@H](COC(c1ccccc1)(c1ccccc1)c1ccccc1)C(=O)N[C@@H](CC)C(=O)N[C@@H](CC)C(=O)N[C@@H](CC(C)C)C(=O)N[C@@H](Cc1ccccc1)C(C)=O)C(C)C. The summed E-state index contributed by atoms with van der Waals surface area (Å²) in [5.74, 6) is -8.76. The second-order valence-corrected chi connectivity index (χ2v) is 34.7. The Kier molecular flexibility index (Phi) is 41.5. The summed E-state index contributed by atoms with van der Waals surface area (Å²) >= 11 is 0. The second-order valence-electron chi connectivity index (χ2n) is 31.9. The van der Waals surface area contributed by atoms with Crippen LogP contribution < -0.4 is 63.8 Å². The van der Waals surface area contributed by atoms with Gasteiger partial charge in [0.05, 0.1) is 45.4 Å². The van der Waals surface area contributed by atoms with Crippen LogP contribution in [0.3, 0.4) is 0 Å². The fourth-order valence-electron chi connectivity index (χ4n) is 13.8. The summed E-state index contributed by atoms with van der Waals surface area (Å²) in [4.78, 5) is 185. The first-order valence-corrected chi connectivity index (χ1v) is 45.0. The minimum absolute atomic E-state index is 0.0260. The molecule has 31 heteroatoms. The number of ether oxygens (including phenoxy) is 4. The summed E-state index contributed by atoms with van der Waals surface area (Å²) in [6.07, 6.45) is -1.15. The van der Waals surface area contributed by atoms with E-state index in [4.69, 9.17) is 18.9 Å². The van der Waals surface area contributed by atoms with Gasteiger partial charge in [0.2, 0.25) is 65.0 Å². The topological polar surface area (TPSA) is 403 Å². The third kappa shape index (κ3) is 31.7. The molecule has 0 saturated heterocycles.